The molecule has 0 aromatic heterocycles. The Morgan fingerprint density at radius 2 is 1.23 bits per heavy atom. The molecular formula is C17H36O4S. The quantitative estimate of drug-likeness (QED) is 0.335. The highest BCUT2D eigenvalue weighted by molar-refractivity contribution is 7.86. The van der Waals surface area contributed by atoms with Gasteiger partial charge in [0.25, 0.3) is 10.1 Å². The Kier molecular flexibility index (Phi) is 13.2. The van der Waals surface area contributed by atoms with Gasteiger partial charge in [-0.25, -0.2) is 0 Å². The third-order valence-electron chi connectivity index (χ3n) is 4.23. The average Bonchev–Trinajstić information content (AvgIpc) is 2.45. The van der Waals surface area contributed by atoms with Crippen molar-refractivity contribution in [3.8, 4) is 0 Å². The van der Waals surface area contributed by atoms with Crippen LogP contribution in [0, 0.1) is 0 Å². The largest absolute Gasteiger partial charge is 0.393 e. The van der Waals surface area contributed by atoms with E-state index in [0.717, 1.165) is 44.9 Å². The standard InChI is InChI=1S/C17H36O4S/c1-3-5-7-9-10-12-14-17(22(19,20)21)15-16(18)13-11-8-6-4-2/h16-18H,3-15H2,1-2H3,(H,19,20,21). The van der Waals surface area contributed by atoms with Gasteiger partial charge in [0.2, 0.25) is 0 Å². The molecular weight excluding hydrogens is 300 g/mol. The lowest BCUT2D eigenvalue weighted by Crippen LogP contribution is -2.26. The molecule has 0 aromatic carbocycles. The minimum atomic E-state index is -4.05. The maximum absolute atomic E-state index is 11.5. The molecule has 0 heterocycles. The van der Waals surface area contributed by atoms with E-state index < -0.39 is 21.5 Å². The molecule has 0 saturated carbocycles. The Bertz CT molecular complexity index is 341. The number of unbranched alkanes of at least 4 members (excludes halogenated alkanes) is 8. The lowest BCUT2D eigenvalue weighted by Gasteiger charge is -2.18. The molecule has 0 bridgehead atoms. The summed E-state index contributed by atoms with van der Waals surface area (Å²) in [4.78, 5) is 0. The topological polar surface area (TPSA) is 74.6 Å². The van der Waals surface area contributed by atoms with Crippen molar-refractivity contribution in [3.63, 3.8) is 0 Å². The molecule has 4 nitrogen and oxygen atoms in total. The van der Waals surface area contributed by atoms with Gasteiger partial charge in [-0.3, -0.25) is 4.55 Å². The summed E-state index contributed by atoms with van der Waals surface area (Å²) >= 11 is 0. The van der Waals surface area contributed by atoms with Crippen molar-refractivity contribution in [2.75, 3.05) is 0 Å². The molecule has 0 aliphatic heterocycles. The third-order valence-corrected chi connectivity index (χ3v) is 5.50. The lowest BCUT2D eigenvalue weighted by molar-refractivity contribution is 0.147. The molecule has 0 amide bonds. The fraction of sp³-hybridized carbons (Fsp3) is 1.00. The van der Waals surface area contributed by atoms with Gasteiger partial charge in [0.1, 0.15) is 0 Å². The van der Waals surface area contributed by atoms with Crippen LogP contribution in [0.15, 0.2) is 0 Å². The first kappa shape index (κ1) is 21.9. The summed E-state index contributed by atoms with van der Waals surface area (Å²) in [5.74, 6) is 0. The Morgan fingerprint density at radius 3 is 1.77 bits per heavy atom. The van der Waals surface area contributed by atoms with Crippen molar-refractivity contribution < 1.29 is 18.1 Å². The molecule has 0 aliphatic carbocycles. The summed E-state index contributed by atoms with van der Waals surface area (Å²) in [5, 5.41) is 9.17. The number of rotatable bonds is 15. The van der Waals surface area contributed by atoms with Crippen molar-refractivity contribution in [2.45, 2.75) is 109 Å². The summed E-state index contributed by atoms with van der Waals surface area (Å²) in [6, 6.07) is 0. The normalized spacial score (nSPS) is 14.9. The van der Waals surface area contributed by atoms with E-state index in [1.807, 2.05) is 0 Å². The van der Waals surface area contributed by atoms with Crippen molar-refractivity contribution >= 4 is 10.1 Å². The number of aliphatic hydroxyl groups is 1. The molecule has 0 aliphatic rings. The van der Waals surface area contributed by atoms with Crippen molar-refractivity contribution in [3.05, 3.63) is 0 Å². The fourth-order valence-corrected chi connectivity index (χ4v) is 3.70. The average molecular weight is 337 g/mol. The van der Waals surface area contributed by atoms with E-state index >= 15 is 0 Å². The molecule has 0 rings (SSSR count). The van der Waals surface area contributed by atoms with Gasteiger partial charge < -0.3 is 5.11 Å². The van der Waals surface area contributed by atoms with Crippen LogP contribution < -0.4 is 0 Å². The van der Waals surface area contributed by atoms with Crippen LogP contribution in [0.3, 0.4) is 0 Å². The smallest absolute Gasteiger partial charge is 0.267 e. The minimum absolute atomic E-state index is 0.167. The number of hydrogen-bond acceptors (Lipinski definition) is 3. The third kappa shape index (κ3) is 12.4. The SMILES string of the molecule is CCCCCCCCC(CC(O)CCCCCC)S(=O)(=O)O. The van der Waals surface area contributed by atoms with Gasteiger partial charge in [-0.15, -0.1) is 0 Å². The molecule has 134 valence electrons. The minimum Gasteiger partial charge on any atom is -0.393 e. The zero-order chi connectivity index (χ0) is 16.8. The Morgan fingerprint density at radius 1 is 0.773 bits per heavy atom. The first-order valence-corrected chi connectivity index (χ1v) is 10.6. The second-order valence-corrected chi connectivity index (χ2v) is 8.13. The van der Waals surface area contributed by atoms with Crippen LogP contribution >= 0.6 is 0 Å². The highest BCUT2D eigenvalue weighted by Gasteiger charge is 2.25. The van der Waals surface area contributed by atoms with Crippen molar-refractivity contribution in [2.24, 2.45) is 0 Å². The summed E-state index contributed by atoms with van der Waals surface area (Å²) in [5.41, 5.74) is 0. The molecule has 2 atom stereocenters. The summed E-state index contributed by atoms with van der Waals surface area (Å²) in [7, 11) is -4.05. The van der Waals surface area contributed by atoms with Gasteiger partial charge in [0.15, 0.2) is 0 Å². The van der Waals surface area contributed by atoms with Crippen LogP contribution in [0.2, 0.25) is 0 Å². The molecule has 5 heteroatoms. The molecule has 0 saturated heterocycles. The molecule has 2 N–H and O–H groups in total. The highest BCUT2D eigenvalue weighted by Crippen LogP contribution is 2.19. The maximum atomic E-state index is 11.5. The van der Waals surface area contributed by atoms with Crippen LogP contribution in [-0.4, -0.2) is 29.4 Å². The second-order valence-electron chi connectivity index (χ2n) is 6.43. The fourth-order valence-electron chi connectivity index (χ4n) is 2.77. The van der Waals surface area contributed by atoms with Crippen LogP contribution in [0.5, 0.6) is 0 Å². The van der Waals surface area contributed by atoms with E-state index in [1.165, 1.54) is 19.3 Å². The van der Waals surface area contributed by atoms with Gasteiger partial charge in [0.05, 0.1) is 11.4 Å². The summed E-state index contributed by atoms with van der Waals surface area (Å²) in [6.45, 7) is 4.29. The first-order chi connectivity index (χ1) is 10.4. The number of hydrogen-bond donors (Lipinski definition) is 2. The molecule has 0 spiro atoms. The van der Waals surface area contributed by atoms with E-state index in [2.05, 4.69) is 13.8 Å². The molecule has 2 unspecified atom stereocenters. The molecule has 0 radical (unpaired) electrons. The van der Waals surface area contributed by atoms with Crippen LogP contribution in [-0.2, 0) is 10.1 Å². The monoisotopic (exact) mass is 336 g/mol. The molecule has 0 aromatic rings. The van der Waals surface area contributed by atoms with E-state index in [-0.39, 0.29) is 6.42 Å². The zero-order valence-corrected chi connectivity index (χ0v) is 15.3. The van der Waals surface area contributed by atoms with E-state index in [1.54, 1.807) is 0 Å². The Hall–Kier alpha value is -0.130. The second kappa shape index (κ2) is 13.3. The van der Waals surface area contributed by atoms with Gasteiger partial charge >= 0.3 is 0 Å². The number of aliphatic hydroxyl groups excluding tert-OH is 1. The predicted octanol–water partition coefficient (Wildman–Crippen LogP) is 4.71. The van der Waals surface area contributed by atoms with Gasteiger partial charge in [-0.1, -0.05) is 78.1 Å². The molecule has 0 fully saturated rings. The van der Waals surface area contributed by atoms with Gasteiger partial charge in [0, 0.05) is 0 Å². The Labute approximate surface area is 137 Å². The lowest BCUT2D eigenvalue weighted by atomic mass is 10.0. The maximum Gasteiger partial charge on any atom is 0.267 e. The highest BCUT2D eigenvalue weighted by atomic mass is 32.2. The predicted molar refractivity (Wildman–Crippen MR) is 92.7 cm³/mol. The van der Waals surface area contributed by atoms with Gasteiger partial charge in [-0.05, 0) is 19.3 Å². The van der Waals surface area contributed by atoms with E-state index in [0.29, 0.717) is 12.8 Å². The summed E-state index contributed by atoms with van der Waals surface area (Å²) in [6.07, 6.45) is 11.4. The van der Waals surface area contributed by atoms with Crippen LogP contribution in [0.4, 0.5) is 0 Å². The van der Waals surface area contributed by atoms with E-state index in [4.69, 9.17) is 0 Å². The van der Waals surface area contributed by atoms with Crippen LogP contribution in [0.25, 0.3) is 0 Å². The van der Waals surface area contributed by atoms with Crippen molar-refractivity contribution in [1.29, 1.82) is 0 Å². The van der Waals surface area contributed by atoms with Crippen LogP contribution in [0.1, 0.15) is 97.3 Å². The zero-order valence-electron chi connectivity index (χ0n) is 14.5. The molecule has 22 heavy (non-hydrogen) atoms. The first-order valence-electron chi connectivity index (χ1n) is 9.06. The van der Waals surface area contributed by atoms with Crippen molar-refractivity contribution in [1.82, 2.24) is 0 Å². The van der Waals surface area contributed by atoms with Gasteiger partial charge in [-0.2, -0.15) is 8.42 Å². The Balaban J connectivity index is 4.03. The van der Waals surface area contributed by atoms with E-state index in [9.17, 15) is 18.1 Å². The summed E-state index contributed by atoms with van der Waals surface area (Å²) < 4.78 is 32.2.